The van der Waals surface area contributed by atoms with E-state index in [9.17, 15) is 23.5 Å². The first-order chi connectivity index (χ1) is 10.7. The molecule has 0 atom stereocenters. The van der Waals surface area contributed by atoms with Gasteiger partial charge in [-0.1, -0.05) is 26.0 Å². The van der Waals surface area contributed by atoms with Crippen molar-refractivity contribution in [2.45, 2.75) is 13.8 Å². The summed E-state index contributed by atoms with van der Waals surface area (Å²) in [5, 5.41) is 0. The topological polar surface area (TPSA) is 152 Å². The Hall–Kier alpha value is -1.56. The molecule has 2 rings (SSSR count). The first kappa shape index (κ1) is 23.7. The monoisotopic (exact) mass is 406 g/mol. The second-order valence-electron chi connectivity index (χ2n) is 3.04. The molecule has 0 amide bonds. The maximum absolute atomic E-state index is 9.38. The third-order valence-electron chi connectivity index (χ3n) is 1.38. The van der Waals surface area contributed by atoms with Crippen LogP contribution in [-0.4, -0.2) is 0 Å². The zero-order valence-corrected chi connectivity index (χ0v) is 15.0. The molecule has 2 heterocycles. The molecule has 0 radical (unpaired) electrons. The Morgan fingerprint density at radius 2 is 0.913 bits per heavy atom. The number of H-pyrrole nitrogens is 2. The second kappa shape index (κ2) is 14.1. The Labute approximate surface area is 138 Å². The fourth-order valence-electron chi connectivity index (χ4n) is 0.786. The summed E-state index contributed by atoms with van der Waals surface area (Å²) in [5.41, 5.74) is 0. The summed E-state index contributed by atoms with van der Waals surface area (Å²) in [4.78, 5) is 5.78. The summed E-state index contributed by atoms with van der Waals surface area (Å²) >= 11 is -12.1. The van der Waals surface area contributed by atoms with Gasteiger partial charge >= 0.3 is 53.6 Å². The van der Waals surface area contributed by atoms with Crippen LogP contribution in [0.4, 0.5) is 0 Å². The number of hydrogen-bond acceptors (Lipinski definition) is 7. The molecule has 23 heavy (non-hydrogen) atoms. The van der Waals surface area contributed by atoms with Crippen LogP contribution in [0, 0.1) is 0 Å². The van der Waals surface area contributed by atoms with Gasteiger partial charge in [0, 0.05) is 24.3 Å². The third-order valence-corrected chi connectivity index (χ3v) is 4.05. The van der Waals surface area contributed by atoms with Gasteiger partial charge in [0.1, 0.15) is 0 Å². The zero-order chi connectivity index (χ0) is 18.2. The van der Waals surface area contributed by atoms with Gasteiger partial charge in [-0.2, -0.15) is 0 Å². The van der Waals surface area contributed by atoms with Gasteiger partial charge in [0.25, 0.3) is 0 Å². The largest absolute Gasteiger partial charge is 0.218 e. The van der Waals surface area contributed by atoms with E-state index in [2.05, 4.69) is 12.8 Å². The molecular formula is C12H18Cr2N2O7. The van der Waals surface area contributed by atoms with Crippen molar-refractivity contribution in [1.29, 1.82) is 0 Å². The standard InChI is InChI=1S/2C5H5N.C2H6.2Cr.7O/c2*1-2-4-6-5-3-1;1-2;;;;;;;;;/h2*1-5H;1-2H3;;;;;;;;;/q;;;;;;;;;;2*-1/p+2. The number of nitrogens with one attached hydrogen (secondary N) is 2. The quantitative estimate of drug-likeness (QED) is 0.627. The van der Waals surface area contributed by atoms with Gasteiger partial charge in [-0.15, -0.1) is 0 Å². The van der Waals surface area contributed by atoms with E-state index >= 15 is 0 Å². The minimum atomic E-state index is -6.07. The molecule has 11 heteroatoms. The van der Waals surface area contributed by atoms with Gasteiger partial charge in [0.05, 0.1) is 0 Å². The molecule has 0 saturated carbocycles. The van der Waals surface area contributed by atoms with E-state index in [0.717, 1.165) is 0 Å². The van der Waals surface area contributed by atoms with Crippen molar-refractivity contribution in [3.05, 3.63) is 61.2 Å². The molecule has 0 unspecified atom stereocenters. The molecule has 0 fully saturated rings. The van der Waals surface area contributed by atoms with Crippen LogP contribution in [0.1, 0.15) is 13.8 Å². The SMILES string of the molecule is CC.[O]=[Cr](=[O])([O-])[O][Cr](=[O])(=[O])[O-].c1cc[nH+]cc1.c1cc[nH+]cc1. The molecule has 0 bridgehead atoms. The van der Waals surface area contributed by atoms with Crippen LogP contribution in [-0.2, 0) is 45.3 Å². The average molecular weight is 406 g/mol. The van der Waals surface area contributed by atoms with Gasteiger partial charge in [-0.25, -0.2) is 9.97 Å². The van der Waals surface area contributed by atoms with Crippen molar-refractivity contribution in [2.24, 2.45) is 0 Å². The molecule has 0 aliphatic rings. The summed E-state index contributed by atoms with van der Waals surface area (Å²) in [5.74, 6) is 0. The predicted octanol–water partition coefficient (Wildman–Crippen LogP) is -0.899. The summed E-state index contributed by atoms with van der Waals surface area (Å²) in [6.07, 6.45) is 7.50. The second-order valence-corrected chi connectivity index (χ2v) is 6.68. The van der Waals surface area contributed by atoms with Gasteiger partial charge in [-0.3, -0.25) is 0 Å². The van der Waals surface area contributed by atoms with Crippen molar-refractivity contribution in [1.82, 2.24) is 0 Å². The smallest absolute Gasteiger partial charge is 0.166 e. The van der Waals surface area contributed by atoms with E-state index in [1.165, 1.54) is 0 Å². The minimum absolute atomic E-state index is 1.88. The van der Waals surface area contributed by atoms with E-state index in [1.54, 1.807) is 0 Å². The first-order valence-electron chi connectivity index (χ1n) is 6.15. The van der Waals surface area contributed by atoms with Crippen molar-refractivity contribution in [3.63, 3.8) is 0 Å². The van der Waals surface area contributed by atoms with Gasteiger partial charge in [0.15, 0.2) is 24.8 Å². The van der Waals surface area contributed by atoms with Crippen molar-refractivity contribution in [2.75, 3.05) is 0 Å². The predicted molar refractivity (Wildman–Crippen MR) is 61.2 cm³/mol. The number of rotatable bonds is 2. The number of hydrogen-bond donors (Lipinski definition) is 0. The van der Waals surface area contributed by atoms with Crippen LogP contribution in [0.15, 0.2) is 61.2 Å². The molecular weight excluding hydrogens is 388 g/mol. The molecule has 2 N–H and O–H groups in total. The summed E-state index contributed by atoms with van der Waals surface area (Å²) in [7, 11) is 0. The van der Waals surface area contributed by atoms with Gasteiger partial charge in [-0.05, 0) is 0 Å². The molecule has 9 nitrogen and oxygen atoms in total. The first-order valence-corrected chi connectivity index (χ1v) is 10.3. The zero-order valence-electron chi connectivity index (χ0n) is 12.4. The minimum Gasteiger partial charge on any atom is -0.218 e. The maximum atomic E-state index is 9.38. The Morgan fingerprint density at radius 1 is 0.652 bits per heavy atom. The molecule has 2 aromatic heterocycles. The number of pyridine rings is 2. The Bertz CT molecular complexity index is 563. The summed E-state index contributed by atoms with van der Waals surface area (Å²) < 4.78 is 58.9. The summed E-state index contributed by atoms with van der Waals surface area (Å²) in [6.45, 7) is 4.00. The fraction of sp³-hybridized carbons (Fsp3) is 0.167. The van der Waals surface area contributed by atoms with Crippen molar-refractivity contribution >= 4 is 0 Å². The molecule has 0 saturated heterocycles. The van der Waals surface area contributed by atoms with Crippen LogP contribution in [0.3, 0.4) is 0 Å². The number of aromatic amines is 2. The van der Waals surface area contributed by atoms with Crippen LogP contribution in [0.2, 0.25) is 0 Å². The Morgan fingerprint density at radius 3 is 0.957 bits per heavy atom. The van der Waals surface area contributed by atoms with Crippen LogP contribution >= 0.6 is 0 Å². The van der Waals surface area contributed by atoms with E-state index < -0.39 is 27.2 Å². The van der Waals surface area contributed by atoms with E-state index in [0.29, 0.717) is 0 Å². The van der Waals surface area contributed by atoms with Crippen LogP contribution in [0.5, 0.6) is 0 Å². The van der Waals surface area contributed by atoms with E-state index in [4.69, 9.17) is 0 Å². The van der Waals surface area contributed by atoms with Crippen LogP contribution in [0.25, 0.3) is 0 Å². The van der Waals surface area contributed by atoms with Gasteiger partial charge < -0.3 is 0 Å². The molecule has 0 aliphatic heterocycles. The average Bonchev–Trinajstić information content (AvgIpc) is 2.50. The Balaban J connectivity index is 0. The third kappa shape index (κ3) is 25.7. The van der Waals surface area contributed by atoms with E-state index in [-0.39, 0.29) is 0 Å². The maximum Gasteiger partial charge on any atom is 0.166 e. The Kier molecular flexibility index (Phi) is 14.5. The molecule has 0 aliphatic carbocycles. The fourth-order valence-corrected chi connectivity index (χ4v) is 2.42. The molecule has 0 spiro atoms. The van der Waals surface area contributed by atoms with Gasteiger partial charge in [0.2, 0.25) is 0 Å². The summed E-state index contributed by atoms with van der Waals surface area (Å²) in [6, 6.07) is 11.7. The molecule has 0 aromatic carbocycles. The number of aromatic nitrogens is 2. The van der Waals surface area contributed by atoms with Crippen molar-refractivity contribution in [3.8, 4) is 0 Å². The molecule has 2 aromatic rings. The van der Waals surface area contributed by atoms with Crippen molar-refractivity contribution < 1.29 is 63.6 Å². The van der Waals surface area contributed by atoms with E-state index in [1.807, 2.05) is 75.0 Å². The normalized spacial score (nSPS) is 9.74. The van der Waals surface area contributed by atoms with Crippen LogP contribution < -0.4 is 18.3 Å². The molecule has 130 valence electrons.